The van der Waals surface area contributed by atoms with Crippen molar-refractivity contribution in [1.29, 1.82) is 0 Å². The fourth-order valence-corrected chi connectivity index (χ4v) is 4.22. The first-order valence-electron chi connectivity index (χ1n) is 9.49. The summed E-state index contributed by atoms with van der Waals surface area (Å²) in [6, 6.07) is 0. The van der Waals surface area contributed by atoms with Crippen LogP contribution in [0.5, 0.6) is 0 Å². The van der Waals surface area contributed by atoms with Gasteiger partial charge in [0.15, 0.2) is 0 Å². The summed E-state index contributed by atoms with van der Waals surface area (Å²) in [7, 11) is 0. The Hall–Kier alpha value is -1.19. The van der Waals surface area contributed by atoms with Crippen LogP contribution in [0.1, 0.15) is 81.6 Å². The summed E-state index contributed by atoms with van der Waals surface area (Å²) in [5.74, 6) is 0.347. The SMILES string of the molecule is CC(C)C(=O)C(C)(C)CC(C)(C)CN1C(=O)CC(C)(C(C)C)CC1=O. The van der Waals surface area contributed by atoms with E-state index in [1.165, 1.54) is 4.90 Å². The number of imide groups is 1. The predicted octanol–water partition coefficient (Wildman–Crippen LogP) is 4.47. The van der Waals surface area contributed by atoms with Gasteiger partial charge in [0.1, 0.15) is 5.78 Å². The summed E-state index contributed by atoms with van der Waals surface area (Å²) in [5.41, 5.74) is -1.02. The van der Waals surface area contributed by atoms with Gasteiger partial charge in [-0.15, -0.1) is 0 Å². The lowest BCUT2D eigenvalue weighted by atomic mass is 9.69. The van der Waals surface area contributed by atoms with Crippen LogP contribution >= 0.6 is 0 Å². The highest BCUT2D eigenvalue weighted by Crippen LogP contribution is 2.42. The van der Waals surface area contributed by atoms with Crippen LogP contribution in [0.15, 0.2) is 0 Å². The van der Waals surface area contributed by atoms with Crippen molar-refractivity contribution >= 4 is 17.6 Å². The number of piperidine rings is 1. The molecular formula is C21H37NO3. The summed E-state index contributed by atoms with van der Waals surface area (Å²) in [6.07, 6.45) is 1.48. The van der Waals surface area contributed by atoms with Gasteiger partial charge in [0.2, 0.25) is 11.8 Å². The molecule has 1 aliphatic rings. The lowest BCUT2D eigenvalue weighted by Crippen LogP contribution is -2.52. The molecule has 1 heterocycles. The third-order valence-corrected chi connectivity index (χ3v) is 5.80. The molecule has 4 heteroatoms. The van der Waals surface area contributed by atoms with Gasteiger partial charge >= 0.3 is 0 Å². The van der Waals surface area contributed by atoms with E-state index in [9.17, 15) is 14.4 Å². The first kappa shape index (κ1) is 21.9. The second kappa shape index (κ2) is 7.20. The lowest BCUT2D eigenvalue weighted by Gasteiger charge is -2.43. The van der Waals surface area contributed by atoms with Crippen LogP contribution < -0.4 is 0 Å². The van der Waals surface area contributed by atoms with Crippen LogP contribution in [-0.4, -0.2) is 29.0 Å². The van der Waals surface area contributed by atoms with Crippen molar-refractivity contribution < 1.29 is 14.4 Å². The van der Waals surface area contributed by atoms with Gasteiger partial charge in [-0.2, -0.15) is 0 Å². The molecule has 1 aliphatic heterocycles. The van der Waals surface area contributed by atoms with Gasteiger partial charge in [-0.05, 0) is 23.2 Å². The molecular weight excluding hydrogens is 314 g/mol. The van der Waals surface area contributed by atoms with E-state index in [0.29, 0.717) is 25.8 Å². The molecule has 144 valence electrons. The molecule has 1 rings (SSSR count). The molecule has 0 unspecified atom stereocenters. The average Bonchev–Trinajstić information content (AvgIpc) is 2.40. The van der Waals surface area contributed by atoms with Crippen LogP contribution in [0.3, 0.4) is 0 Å². The zero-order valence-corrected chi connectivity index (χ0v) is 17.7. The van der Waals surface area contributed by atoms with Crippen molar-refractivity contribution in [3.05, 3.63) is 0 Å². The highest BCUT2D eigenvalue weighted by Gasteiger charge is 2.45. The largest absolute Gasteiger partial charge is 0.299 e. The van der Waals surface area contributed by atoms with Crippen LogP contribution in [-0.2, 0) is 14.4 Å². The standard InChI is InChI=1S/C21H37NO3/c1-14(2)18(25)20(7,8)12-19(5,6)13-22-16(23)10-21(9,15(3)4)11-17(22)24/h14-15H,10-13H2,1-9H3. The van der Waals surface area contributed by atoms with Crippen molar-refractivity contribution in [2.75, 3.05) is 6.54 Å². The Kier molecular flexibility index (Phi) is 6.30. The Morgan fingerprint density at radius 2 is 1.48 bits per heavy atom. The lowest BCUT2D eigenvalue weighted by molar-refractivity contribution is -0.156. The maximum Gasteiger partial charge on any atom is 0.229 e. The molecule has 0 spiro atoms. The molecule has 1 fully saturated rings. The molecule has 0 saturated carbocycles. The van der Waals surface area contributed by atoms with E-state index in [-0.39, 0.29) is 40.3 Å². The third kappa shape index (κ3) is 5.15. The minimum atomic E-state index is -0.466. The molecule has 0 N–H and O–H groups in total. The molecule has 25 heavy (non-hydrogen) atoms. The Bertz CT molecular complexity index is 525. The van der Waals surface area contributed by atoms with Gasteiger partial charge in [-0.1, -0.05) is 62.3 Å². The summed E-state index contributed by atoms with van der Waals surface area (Å²) in [5, 5.41) is 0. The van der Waals surface area contributed by atoms with E-state index < -0.39 is 5.41 Å². The fourth-order valence-electron chi connectivity index (χ4n) is 4.22. The first-order valence-corrected chi connectivity index (χ1v) is 9.49. The number of amides is 2. The Morgan fingerprint density at radius 1 is 1.04 bits per heavy atom. The van der Waals surface area contributed by atoms with Crippen molar-refractivity contribution in [3.8, 4) is 0 Å². The minimum absolute atomic E-state index is 0.0178. The Labute approximate surface area is 153 Å². The second-order valence-electron chi connectivity index (χ2n) is 10.3. The van der Waals surface area contributed by atoms with Gasteiger partial charge < -0.3 is 0 Å². The van der Waals surface area contributed by atoms with Crippen molar-refractivity contribution in [2.45, 2.75) is 81.6 Å². The molecule has 0 radical (unpaired) electrons. The van der Waals surface area contributed by atoms with E-state index in [2.05, 4.69) is 13.8 Å². The molecule has 0 aromatic carbocycles. The maximum absolute atomic E-state index is 12.6. The molecule has 0 aromatic heterocycles. The zero-order chi connectivity index (χ0) is 19.8. The monoisotopic (exact) mass is 351 g/mol. The van der Waals surface area contributed by atoms with Crippen LogP contribution in [0.2, 0.25) is 0 Å². The molecule has 4 nitrogen and oxygen atoms in total. The highest BCUT2D eigenvalue weighted by molar-refractivity contribution is 5.98. The van der Waals surface area contributed by atoms with Crippen LogP contribution in [0.4, 0.5) is 0 Å². The summed E-state index contributed by atoms with van der Waals surface area (Å²) < 4.78 is 0. The Balaban J connectivity index is 2.88. The predicted molar refractivity (Wildman–Crippen MR) is 101 cm³/mol. The molecule has 0 bridgehead atoms. The number of Topliss-reactive ketones (excluding diaryl/α,β-unsaturated/α-hetero) is 1. The van der Waals surface area contributed by atoms with Gasteiger partial charge in [0.25, 0.3) is 0 Å². The topological polar surface area (TPSA) is 54.5 Å². The van der Waals surface area contributed by atoms with Gasteiger partial charge in [0, 0.05) is 30.7 Å². The number of ketones is 1. The van der Waals surface area contributed by atoms with E-state index in [4.69, 9.17) is 0 Å². The smallest absolute Gasteiger partial charge is 0.229 e. The average molecular weight is 352 g/mol. The van der Waals surface area contributed by atoms with Gasteiger partial charge in [-0.25, -0.2) is 0 Å². The van der Waals surface area contributed by atoms with Gasteiger partial charge in [0.05, 0.1) is 0 Å². The first-order chi connectivity index (χ1) is 11.1. The number of hydrogen-bond donors (Lipinski definition) is 0. The molecule has 2 amide bonds. The van der Waals surface area contributed by atoms with E-state index in [0.717, 1.165) is 0 Å². The van der Waals surface area contributed by atoms with E-state index >= 15 is 0 Å². The van der Waals surface area contributed by atoms with Gasteiger partial charge in [-0.3, -0.25) is 19.3 Å². The van der Waals surface area contributed by atoms with Crippen LogP contribution in [0.25, 0.3) is 0 Å². The van der Waals surface area contributed by atoms with Crippen molar-refractivity contribution in [1.82, 2.24) is 4.90 Å². The van der Waals surface area contributed by atoms with Crippen molar-refractivity contribution in [3.63, 3.8) is 0 Å². The zero-order valence-electron chi connectivity index (χ0n) is 17.7. The van der Waals surface area contributed by atoms with E-state index in [1.807, 2.05) is 48.5 Å². The number of carbonyl (C=O) groups excluding carboxylic acids is 3. The second-order valence-corrected chi connectivity index (χ2v) is 10.3. The fraction of sp³-hybridized carbons (Fsp3) is 0.857. The summed E-state index contributed by atoms with van der Waals surface area (Å²) in [6.45, 7) is 18.4. The number of rotatable bonds is 7. The highest BCUT2D eigenvalue weighted by atomic mass is 16.2. The number of carbonyl (C=O) groups is 3. The van der Waals surface area contributed by atoms with E-state index in [1.54, 1.807) is 0 Å². The molecule has 1 saturated heterocycles. The maximum atomic E-state index is 12.6. The summed E-state index contributed by atoms with van der Waals surface area (Å²) in [4.78, 5) is 39.2. The molecule has 0 aliphatic carbocycles. The molecule has 0 atom stereocenters. The minimum Gasteiger partial charge on any atom is -0.299 e. The third-order valence-electron chi connectivity index (χ3n) is 5.80. The van der Waals surface area contributed by atoms with Crippen molar-refractivity contribution in [2.24, 2.45) is 28.1 Å². The number of hydrogen-bond acceptors (Lipinski definition) is 3. The Morgan fingerprint density at radius 3 is 1.84 bits per heavy atom. The molecule has 0 aromatic rings. The normalized spacial score (nSPS) is 19.1. The number of nitrogens with zero attached hydrogens (tertiary/aromatic N) is 1. The quantitative estimate of drug-likeness (QED) is 0.636. The number of likely N-dealkylation sites (tertiary alicyclic amines) is 1. The van der Waals surface area contributed by atoms with Crippen LogP contribution in [0, 0.1) is 28.1 Å². The summed E-state index contributed by atoms with van der Waals surface area (Å²) >= 11 is 0.